The van der Waals surface area contributed by atoms with E-state index in [1.165, 1.54) is 18.5 Å². The van der Waals surface area contributed by atoms with Gasteiger partial charge in [0.2, 0.25) is 5.82 Å². The van der Waals surface area contributed by atoms with Crippen LogP contribution in [0, 0.1) is 0 Å². The van der Waals surface area contributed by atoms with Crippen LogP contribution in [-0.2, 0) is 13.2 Å². The predicted octanol–water partition coefficient (Wildman–Crippen LogP) is 2.97. The monoisotopic (exact) mass is 402 g/mol. The highest BCUT2D eigenvalue weighted by Gasteiger charge is 2.35. The molecular formula is C19H17F3N6O. The minimum atomic E-state index is -4.45. The van der Waals surface area contributed by atoms with Crippen LogP contribution in [0.2, 0.25) is 0 Å². The zero-order valence-electron chi connectivity index (χ0n) is 15.4. The second-order valence-electron chi connectivity index (χ2n) is 6.97. The van der Waals surface area contributed by atoms with Gasteiger partial charge in [0.25, 0.3) is 5.91 Å². The van der Waals surface area contributed by atoms with Crippen LogP contribution < -0.4 is 5.32 Å². The number of aryl methyl sites for hydroxylation is 1. The highest BCUT2D eigenvalue weighted by molar-refractivity contribution is 5.91. The maximum atomic E-state index is 12.6. The number of carbonyl (C=O) groups is 1. The first-order valence-electron chi connectivity index (χ1n) is 8.95. The third kappa shape index (κ3) is 3.96. The molecule has 0 radical (unpaired) electrons. The van der Waals surface area contributed by atoms with Crippen molar-refractivity contribution in [2.24, 2.45) is 7.05 Å². The van der Waals surface area contributed by atoms with Crippen molar-refractivity contribution in [3.05, 3.63) is 60.2 Å². The molecule has 4 rings (SSSR count). The molecule has 0 aromatic carbocycles. The summed E-state index contributed by atoms with van der Waals surface area (Å²) >= 11 is 0. The molecule has 0 spiro atoms. The summed E-state index contributed by atoms with van der Waals surface area (Å²) in [6, 6.07) is 4.04. The van der Waals surface area contributed by atoms with Gasteiger partial charge in [-0.15, -0.1) is 0 Å². The summed E-state index contributed by atoms with van der Waals surface area (Å²) in [5.74, 6) is -0.261. The molecule has 1 aliphatic carbocycles. The molecule has 0 saturated heterocycles. The molecule has 7 nitrogen and oxygen atoms in total. The Balaban J connectivity index is 1.36. The van der Waals surface area contributed by atoms with Crippen molar-refractivity contribution in [2.75, 3.05) is 0 Å². The summed E-state index contributed by atoms with van der Waals surface area (Å²) < 4.78 is 39.6. The molecule has 3 heterocycles. The van der Waals surface area contributed by atoms with E-state index in [2.05, 4.69) is 25.3 Å². The normalized spacial score (nSPS) is 18.9. The zero-order valence-corrected chi connectivity index (χ0v) is 15.4. The second-order valence-corrected chi connectivity index (χ2v) is 6.97. The van der Waals surface area contributed by atoms with Gasteiger partial charge in [0.05, 0.1) is 23.9 Å². The number of nitrogens with zero attached hydrogens (tertiary/aromatic N) is 5. The molecule has 1 aliphatic rings. The average Bonchev–Trinajstić information content (AvgIpc) is 3.09. The van der Waals surface area contributed by atoms with Gasteiger partial charge in [0.1, 0.15) is 5.69 Å². The zero-order chi connectivity index (χ0) is 20.6. The number of carbonyl (C=O) groups excluding carboxylic acids is 1. The van der Waals surface area contributed by atoms with E-state index in [0.29, 0.717) is 18.5 Å². The molecular weight excluding hydrogens is 385 g/mol. The Morgan fingerprint density at radius 2 is 1.97 bits per heavy atom. The molecule has 0 bridgehead atoms. The van der Waals surface area contributed by atoms with Crippen LogP contribution in [0.5, 0.6) is 0 Å². The van der Waals surface area contributed by atoms with Crippen molar-refractivity contribution in [3.8, 4) is 11.4 Å². The highest BCUT2D eigenvalue weighted by Crippen LogP contribution is 2.37. The first-order valence-corrected chi connectivity index (χ1v) is 8.95. The standard InChI is InChI=1S/C19H17F3N6O/c1-28-10-23-9-15(28)14-4-5-24-17(27-14)18(29)26-13-6-12(7-13)11-2-3-16(25-8-11)19(20,21)22/h2-5,8-10,12-13H,6-7H2,1H3,(H,26,29)/t12-,13-. The maximum absolute atomic E-state index is 12.6. The largest absolute Gasteiger partial charge is 0.433 e. The van der Waals surface area contributed by atoms with Crippen molar-refractivity contribution in [1.82, 2.24) is 29.8 Å². The summed E-state index contributed by atoms with van der Waals surface area (Å²) in [4.78, 5) is 28.3. The Bertz CT molecular complexity index is 1020. The lowest BCUT2D eigenvalue weighted by Crippen LogP contribution is -2.43. The molecule has 150 valence electrons. The predicted molar refractivity (Wildman–Crippen MR) is 96.7 cm³/mol. The van der Waals surface area contributed by atoms with Gasteiger partial charge < -0.3 is 9.88 Å². The molecule has 1 fully saturated rings. The Labute approximate surface area is 164 Å². The molecule has 0 atom stereocenters. The molecule has 10 heteroatoms. The third-order valence-electron chi connectivity index (χ3n) is 4.96. The number of alkyl halides is 3. The van der Waals surface area contributed by atoms with Crippen LogP contribution in [0.15, 0.2) is 43.1 Å². The minimum Gasteiger partial charge on any atom is -0.347 e. The number of rotatable bonds is 4. The number of nitrogens with one attached hydrogen (secondary N) is 1. The van der Waals surface area contributed by atoms with Gasteiger partial charge >= 0.3 is 6.18 Å². The maximum Gasteiger partial charge on any atom is 0.433 e. The summed E-state index contributed by atoms with van der Waals surface area (Å²) in [7, 11) is 1.83. The van der Waals surface area contributed by atoms with Crippen LogP contribution in [0.25, 0.3) is 11.4 Å². The SMILES string of the molecule is Cn1cncc1-c1ccnc(C(=O)N[C@H]2C[C@H](c3ccc(C(F)(F)F)nc3)C2)n1. The lowest BCUT2D eigenvalue weighted by atomic mass is 9.76. The van der Waals surface area contributed by atoms with Crippen molar-refractivity contribution in [1.29, 1.82) is 0 Å². The molecule has 1 N–H and O–H groups in total. The molecule has 3 aromatic heterocycles. The minimum absolute atomic E-state index is 0.0587. The van der Waals surface area contributed by atoms with Crippen LogP contribution in [0.4, 0.5) is 13.2 Å². The number of pyridine rings is 1. The van der Waals surface area contributed by atoms with Crippen molar-refractivity contribution < 1.29 is 18.0 Å². The molecule has 0 unspecified atom stereocenters. The number of imidazole rings is 1. The van der Waals surface area contributed by atoms with Crippen molar-refractivity contribution in [2.45, 2.75) is 31.0 Å². The number of hydrogen-bond acceptors (Lipinski definition) is 5. The summed E-state index contributed by atoms with van der Waals surface area (Å²) in [5, 5.41) is 2.87. The Kier molecular flexibility index (Phi) is 4.77. The topological polar surface area (TPSA) is 85.6 Å². The van der Waals surface area contributed by atoms with Crippen LogP contribution in [-0.4, -0.2) is 36.5 Å². The fourth-order valence-electron chi connectivity index (χ4n) is 3.29. The molecule has 1 saturated carbocycles. The van der Waals surface area contributed by atoms with E-state index in [9.17, 15) is 18.0 Å². The number of hydrogen-bond donors (Lipinski definition) is 1. The number of amides is 1. The van der Waals surface area contributed by atoms with E-state index in [1.807, 2.05) is 7.05 Å². The fraction of sp³-hybridized carbons (Fsp3) is 0.316. The molecule has 1 amide bonds. The highest BCUT2D eigenvalue weighted by atomic mass is 19.4. The number of aromatic nitrogens is 5. The molecule has 0 aliphatic heterocycles. The van der Waals surface area contributed by atoms with E-state index in [0.717, 1.165) is 17.3 Å². The van der Waals surface area contributed by atoms with Crippen molar-refractivity contribution in [3.63, 3.8) is 0 Å². The van der Waals surface area contributed by atoms with E-state index in [4.69, 9.17) is 0 Å². The van der Waals surface area contributed by atoms with Gasteiger partial charge in [0, 0.05) is 25.5 Å². The van der Waals surface area contributed by atoms with E-state index in [1.54, 1.807) is 23.2 Å². The molecule has 3 aromatic rings. The first kappa shape index (κ1) is 19.0. The average molecular weight is 402 g/mol. The Hall–Kier alpha value is -3.30. The smallest absolute Gasteiger partial charge is 0.347 e. The van der Waals surface area contributed by atoms with E-state index in [-0.39, 0.29) is 23.7 Å². The van der Waals surface area contributed by atoms with Crippen LogP contribution in [0.1, 0.15) is 40.6 Å². The first-order chi connectivity index (χ1) is 13.8. The quantitative estimate of drug-likeness (QED) is 0.725. The van der Waals surface area contributed by atoms with Gasteiger partial charge in [-0.25, -0.2) is 15.0 Å². The summed E-state index contributed by atoms with van der Waals surface area (Å²) in [5.41, 5.74) is 1.18. The molecule has 29 heavy (non-hydrogen) atoms. The summed E-state index contributed by atoms with van der Waals surface area (Å²) in [6.07, 6.45) is 2.87. The van der Waals surface area contributed by atoms with Crippen LogP contribution in [0.3, 0.4) is 0 Å². The van der Waals surface area contributed by atoms with E-state index < -0.39 is 11.9 Å². The third-order valence-corrected chi connectivity index (χ3v) is 4.96. The second kappa shape index (κ2) is 7.26. The van der Waals surface area contributed by atoms with Crippen LogP contribution >= 0.6 is 0 Å². The van der Waals surface area contributed by atoms with E-state index >= 15 is 0 Å². The Morgan fingerprint density at radius 1 is 1.17 bits per heavy atom. The number of halogens is 3. The summed E-state index contributed by atoms with van der Waals surface area (Å²) in [6.45, 7) is 0. The van der Waals surface area contributed by atoms with Gasteiger partial charge in [0.15, 0.2) is 0 Å². The fourth-order valence-corrected chi connectivity index (χ4v) is 3.29. The van der Waals surface area contributed by atoms with Gasteiger partial charge in [-0.05, 0) is 36.5 Å². The van der Waals surface area contributed by atoms with Crippen molar-refractivity contribution >= 4 is 5.91 Å². The Morgan fingerprint density at radius 3 is 2.59 bits per heavy atom. The van der Waals surface area contributed by atoms with Gasteiger partial charge in [-0.3, -0.25) is 9.78 Å². The lowest BCUT2D eigenvalue weighted by Gasteiger charge is -2.35. The van der Waals surface area contributed by atoms with Gasteiger partial charge in [-0.1, -0.05) is 6.07 Å². The van der Waals surface area contributed by atoms with Gasteiger partial charge in [-0.2, -0.15) is 13.2 Å². The lowest BCUT2D eigenvalue weighted by molar-refractivity contribution is -0.141.